The molecule has 0 aromatic heterocycles. The fourth-order valence-corrected chi connectivity index (χ4v) is 4.91. The lowest BCUT2D eigenvalue weighted by Gasteiger charge is -2.26. The minimum absolute atomic E-state index is 0. The summed E-state index contributed by atoms with van der Waals surface area (Å²) in [7, 11) is 0. The zero-order chi connectivity index (χ0) is 21.5. The second kappa shape index (κ2) is 12.5. The number of likely N-dealkylation sites (tertiary alicyclic amines) is 1. The van der Waals surface area contributed by atoms with E-state index >= 15 is 0 Å². The molecule has 1 unspecified atom stereocenters. The van der Waals surface area contributed by atoms with Gasteiger partial charge in [-0.25, -0.2) is 4.99 Å². The predicted molar refractivity (Wildman–Crippen MR) is 143 cm³/mol. The summed E-state index contributed by atoms with van der Waals surface area (Å²) in [4.78, 5) is 22.1. The Morgan fingerprint density at radius 2 is 1.91 bits per heavy atom. The maximum Gasteiger partial charge on any atom is 0.225 e. The lowest BCUT2D eigenvalue weighted by Crippen LogP contribution is -2.45. The van der Waals surface area contributed by atoms with Crippen LogP contribution in [0, 0.1) is 5.92 Å². The van der Waals surface area contributed by atoms with Gasteiger partial charge in [-0.05, 0) is 43.9 Å². The van der Waals surface area contributed by atoms with Crippen LogP contribution < -0.4 is 15.5 Å². The third kappa shape index (κ3) is 6.62. The van der Waals surface area contributed by atoms with Crippen molar-refractivity contribution in [3.8, 4) is 0 Å². The molecule has 1 saturated carbocycles. The first-order chi connectivity index (χ1) is 15.2. The minimum Gasteiger partial charge on any atom is -0.364 e. The molecule has 7 heteroatoms. The van der Waals surface area contributed by atoms with Crippen LogP contribution in [0.1, 0.15) is 51.0 Å². The largest absolute Gasteiger partial charge is 0.364 e. The number of guanidine groups is 1. The monoisotopic (exact) mass is 551 g/mol. The normalized spacial score (nSPS) is 21.5. The van der Waals surface area contributed by atoms with E-state index in [1.807, 2.05) is 0 Å². The molecule has 0 spiro atoms. The van der Waals surface area contributed by atoms with Gasteiger partial charge in [0.1, 0.15) is 0 Å². The fourth-order valence-electron chi connectivity index (χ4n) is 4.91. The summed E-state index contributed by atoms with van der Waals surface area (Å²) in [5.41, 5.74) is 2.46. The molecule has 1 saturated heterocycles. The van der Waals surface area contributed by atoms with Gasteiger partial charge in [-0.3, -0.25) is 4.79 Å². The molecule has 1 atom stereocenters. The Bertz CT molecular complexity index is 797. The van der Waals surface area contributed by atoms with Gasteiger partial charge in [0, 0.05) is 50.4 Å². The first kappa shape index (κ1) is 24.9. The molecule has 2 fully saturated rings. The highest BCUT2D eigenvalue weighted by Gasteiger charge is 2.31. The van der Waals surface area contributed by atoms with Gasteiger partial charge in [0.2, 0.25) is 5.91 Å². The fraction of sp³-hybridized carbons (Fsp3) is 0.600. The lowest BCUT2D eigenvalue weighted by atomic mass is 9.88. The third-order valence-electron chi connectivity index (χ3n) is 6.65. The van der Waals surface area contributed by atoms with E-state index in [0.29, 0.717) is 12.5 Å². The van der Waals surface area contributed by atoms with Crippen molar-refractivity contribution in [2.24, 2.45) is 10.9 Å². The zero-order valence-electron chi connectivity index (χ0n) is 19.3. The van der Waals surface area contributed by atoms with Gasteiger partial charge in [-0.2, -0.15) is 0 Å². The number of benzene rings is 1. The molecule has 2 heterocycles. The van der Waals surface area contributed by atoms with Gasteiger partial charge < -0.3 is 20.4 Å². The second-order valence-electron chi connectivity index (χ2n) is 8.99. The maximum absolute atomic E-state index is 12.9. The second-order valence-corrected chi connectivity index (χ2v) is 8.99. The van der Waals surface area contributed by atoms with Gasteiger partial charge in [0.25, 0.3) is 0 Å². The van der Waals surface area contributed by atoms with E-state index < -0.39 is 0 Å². The van der Waals surface area contributed by atoms with E-state index in [1.54, 1.807) is 0 Å². The van der Waals surface area contributed by atoms with Crippen molar-refractivity contribution < 1.29 is 4.79 Å². The smallest absolute Gasteiger partial charge is 0.225 e. The van der Waals surface area contributed by atoms with Crippen LogP contribution in [-0.4, -0.2) is 55.5 Å². The summed E-state index contributed by atoms with van der Waals surface area (Å²) < 4.78 is 0. The summed E-state index contributed by atoms with van der Waals surface area (Å²) >= 11 is 0. The van der Waals surface area contributed by atoms with Crippen LogP contribution in [0.5, 0.6) is 0 Å². The van der Waals surface area contributed by atoms with Crippen LogP contribution in [0.25, 0.3) is 0 Å². The summed E-state index contributed by atoms with van der Waals surface area (Å²) in [5, 5.41) is 6.94. The summed E-state index contributed by atoms with van der Waals surface area (Å²) in [6.45, 7) is 7.16. The first-order valence-corrected chi connectivity index (χ1v) is 12.1. The minimum atomic E-state index is 0. The number of hydrogen-bond acceptors (Lipinski definition) is 3. The van der Waals surface area contributed by atoms with Crippen LogP contribution >= 0.6 is 24.0 Å². The third-order valence-corrected chi connectivity index (χ3v) is 6.65. The molecule has 32 heavy (non-hydrogen) atoms. The van der Waals surface area contributed by atoms with Gasteiger partial charge in [-0.1, -0.05) is 43.5 Å². The lowest BCUT2D eigenvalue weighted by molar-refractivity contribution is -0.135. The highest BCUT2D eigenvalue weighted by molar-refractivity contribution is 14.0. The number of anilines is 1. The summed E-state index contributed by atoms with van der Waals surface area (Å²) in [5.74, 6) is 1.47. The van der Waals surface area contributed by atoms with Crippen molar-refractivity contribution >= 4 is 41.5 Å². The van der Waals surface area contributed by atoms with E-state index in [0.717, 1.165) is 57.9 Å². The number of aliphatic imine (C=N–C) groups is 1. The van der Waals surface area contributed by atoms with Crippen molar-refractivity contribution in [1.29, 1.82) is 0 Å². The van der Waals surface area contributed by atoms with Crippen molar-refractivity contribution in [1.82, 2.24) is 15.5 Å². The van der Waals surface area contributed by atoms with E-state index in [2.05, 4.69) is 63.8 Å². The first-order valence-electron chi connectivity index (χ1n) is 12.1. The highest BCUT2D eigenvalue weighted by Crippen LogP contribution is 2.27. The van der Waals surface area contributed by atoms with Crippen LogP contribution in [0.4, 0.5) is 5.69 Å². The van der Waals surface area contributed by atoms with Crippen molar-refractivity contribution in [3.05, 3.63) is 42.0 Å². The number of amides is 1. The number of halogens is 1. The average Bonchev–Trinajstić information content (AvgIpc) is 3.51. The predicted octanol–water partition coefficient (Wildman–Crippen LogP) is 3.92. The van der Waals surface area contributed by atoms with Gasteiger partial charge in [0.05, 0.1) is 6.54 Å². The topological polar surface area (TPSA) is 60.0 Å². The Balaban J connectivity index is 0.00000289. The molecule has 1 aliphatic carbocycles. The van der Waals surface area contributed by atoms with E-state index in [1.165, 1.54) is 30.5 Å². The van der Waals surface area contributed by atoms with Gasteiger partial charge in [-0.15, -0.1) is 24.0 Å². The highest BCUT2D eigenvalue weighted by atomic mass is 127. The molecule has 1 amide bonds. The summed E-state index contributed by atoms with van der Waals surface area (Å²) in [6.07, 6.45) is 11.3. The maximum atomic E-state index is 12.9. The van der Waals surface area contributed by atoms with E-state index in [9.17, 15) is 4.79 Å². The molecule has 176 valence electrons. The van der Waals surface area contributed by atoms with Crippen molar-refractivity contribution in [3.63, 3.8) is 0 Å². The molecule has 0 bridgehead atoms. The average molecular weight is 552 g/mol. The number of carbonyl (C=O) groups is 1. The molecule has 1 aromatic rings. The van der Waals surface area contributed by atoms with Crippen LogP contribution in [0.15, 0.2) is 41.4 Å². The molecule has 1 aromatic carbocycles. The van der Waals surface area contributed by atoms with Gasteiger partial charge >= 0.3 is 0 Å². The van der Waals surface area contributed by atoms with Crippen LogP contribution in [0.2, 0.25) is 0 Å². The Morgan fingerprint density at radius 3 is 2.66 bits per heavy atom. The molecule has 6 nitrogen and oxygen atoms in total. The Hall–Kier alpha value is -1.77. The molecular weight excluding hydrogens is 513 g/mol. The van der Waals surface area contributed by atoms with E-state index in [-0.39, 0.29) is 35.9 Å². The molecule has 3 aliphatic rings. The number of nitrogens with one attached hydrogen (secondary N) is 2. The zero-order valence-corrected chi connectivity index (χ0v) is 21.6. The number of nitrogens with zero attached hydrogens (tertiary/aromatic N) is 3. The number of carbonyl (C=O) groups excluding carboxylic acids is 1. The van der Waals surface area contributed by atoms with Crippen LogP contribution in [-0.2, 0) is 11.3 Å². The molecule has 2 N–H and O–H groups in total. The number of rotatable bonds is 6. The molecule has 4 rings (SSSR count). The molecule has 0 radical (unpaired) electrons. The molecule has 2 aliphatic heterocycles. The SMILES string of the molecule is CCNC(=NCc1cccc(N2CC=CC2)c1)NC1CCN(C(=O)C2CCCCC2)C1.I. The van der Waals surface area contributed by atoms with Gasteiger partial charge in [0.15, 0.2) is 5.96 Å². The van der Waals surface area contributed by atoms with Crippen LogP contribution in [0.3, 0.4) is 0 Å². The number of hydrogen-bond donors (Lipinski definition) is 2. The Morgan fingerprint density at radius 1 is 1.12 bits per heavy atom. The molecular formula is C25H38IN5O. The van der Waals surface area contributed by atoms with Crippen molar-refractivity contribution in [2.45, 2.75) is 58.0 Å². The van der Waals surface area contributed by atoms with E-state index in [4.69, 9.17) is 4.99 Å². The standard InChI is InChI=1S/C25H37N5O.HI/c1-2-26-25(27-18-20-9-8-12-23(17-20)29-14-6-7-15-29)28-22-13-16-30(19-22)24(31)21-10-4-3-5-11-21;/h6-9,12,17,21-22H,2-5,10-11,13-16,18-19H2,1H3,(H2,26,27,28);1H. The summed E-state index contributed by atoms with van der Waals surface area (Å²) in [6, 6.07) is 8.93. The Labute approximate surface area is 209 Å². The Kier molecular flexibility index (Phi) is 9.69. The quantitative estimate of drug-likeness (QED) is 0.244. The van der Waals surface area contributed by atoms with Crippen molar-refractivity contribution in [2.75, 3.05) is 37.6 Å².